The van der Waals surface area contributed by atoms with E-state index in [0.717, 1.165) is 60.9 Å². The van der Waals surface area contributed by atoms with Crippen LogP contribution in [-0.4, -0.2) is 37.6 Å². The van der Waals surface area contributed by atoms with Crippen LogP contribution in [-0.2, 0) is 17.8 Å². The van der Waals surface area contributed by atoms with Gasteiger partial charge in [-0.3, -0.25) is 4.90 Å². The number of halogens is 2. The zero-order valence-electron chi connectivity index (χ0n) is 22.4. The third-order valence-corrected chi connectivity index (χ3v) is 7.42. The van der Waals surface area contributed by atoms with Crippen molar-refractivity contribution < 1.29 is 18.7 Å². The first-order valence-electron chi connectivity index (χ1n) is 13.4. The Morgan fingerprint density at radius 2 is 1.52 bits per heavy atom. The van der Waals surface area contributed by atoms with Gasteiger partial charge in [0.25, 0.3) is 0 Å². The highest BCUT2D eigenvalue weighted by atomic mass is 35.5. The molecule has 1 heterocycles. The van der Waals surface area contributed by atoms with Crippen molar-refractivity contribution in [3.05, 3.63) is 125 Å². The Bertz CT molecular complexity index is 1390. The maximum atomic E-state index is 13.3. The van der Waals surface area contributed by atoms with Crippen LogP contribution in [0.25, 0.3) is 0 Å². The summed E-state index contributed by atoms with van der Waals surface area (Å²) in [6.07, 6.45) is 1.09. The van der Waals surface area contributed by atoms with Crippen molar-refractivity contribution in [2.24, 2.45) is 5.92 Å². The lowest BCUT2D eigenvalue weighted by atomic mass is 10.1. The molecule has 7 heteroatoms. The van der Waals surface area contributed by atoms with Gasteiger partial charge in [0.1, 0.15) is 17.3 Å². The second kappa shape index (κ2) is 13.0. The van der Waals surface area contributed by atoms with Crippen LogP contribution in [0.15, 0.2) is 97.1 Å². The highest BCUT2D eigenvalue weighted by Crippen LogP contribution is 2.29. The van der Waals surface area contributed by atoms with Crippen molar-refractivity contribution in [1.82, 2.24) is 4.90 Å². The number of rotatable bonds is 10. The Morgan fingerprint density at radius 1 is 0.900 bits per heavy atom. The molecule has 5 rings (SSSR count). The molecule has 1 fully saturated rings. The first kappa shape index (κ1) is 27.7. The van der Waals surface area contributed by atoms with Crippen LogP contribution in [0.5, 0.6) is 11.5 Å². The van der Waals surface area contributed by atoms with E-state index in [1.807, 2.05) is 60.7 Å². The fraction of sp³-hybridized carbons (Fsp3) is 0.242. The molecule has 1 atom stereocenters. The Balaban J connectivity index is 1.29. The number of ether oxygens (including phenoxy) is 2. The fourth-order valence-corrected chi connectivity index (χ4v) is 5.20. The zero-order chi connectivity index (χ0) is 27.9. The summed E-state index contributed by atoms with van der Waals surface area (Å²) in [5.41, 5.74) is 3.86. The van der Waals surface area contributed by atoms with Crippen LogP contribution in [0.3, 0.4) is 0 Å². The first-order chi connectivity index (χ1) is 19.4. The van der Waals surface area contributed by atoms with Crippen molar-refractivity contribution in [2.75, 3.05) is 31.6 Å². The number of nitrogens with zero attached hydrogens (tertiary/aromatic N) is 2. The molecular formula is C33H32ClFN2O3. The summed E-state index contributed by atoms with van der Waals surface area (Å²) in [5, 5.41) is 0.668. The molecule has 1 aliphatic rings. The number of likely N-dealkylation sites (tertiary alicyclic amines) is 1. The fourth-order valence-electron chi connectivity index (χ4n) is 5.07. The monoisotopic (exact) mass is 558 g/mol. The largest absolute Gasteiger partial charge is 0.465 e. The minimum Gasteiger partial charge on any atom is -0.465 e. The third kappa shape index (κ3) is 7.40. The van der Waals surface area contributed by atoms with Gasteiger partial charge in [-0.15, -0.1) is 0 Å². The van der Waals surface area contributed by atoms with E-state index in [1.54, 1.807) is 12.1 Å². The van der Waals surface area contributed by atoms with Gasteiger partial charge in [0.15, 0.2) is 0 Å². The molecule has 0 amide bonds. The summed E-state index contributed by atoms with van der Waals surface area (Å²) in [4.78, 5) is 16.7. The van der Waals surface area contributed by atoms with Crippen molar-refractivity contribution in [3.63, 3.8) is 0 Å². The van der Waals surface area contributed by atoms with Gasteiger partial charge in [0, 0.05) is 36.9 Å². The quantitative estimate of drug-likeness (QED) is 0.188. The molecule has 0 radical (unpaired) electrons. The second-order valence-corrected chi connectivity index (χ2v) is 10.6. The Hall–Kier alpha value is -3.87. The average Bonchev–Trinajstić information content (AvgIpc) is 3.42. The molecule has 0 aromatic heterocycles. The van der Waals surface area contributed by atoms with Gasteiger partial charge < -0.3 is 14.4 Å². The summed E-state index contributed by atoms with van der Waals surface area (Å²) in [6.45, 7) is 4.40. The summed E-state index contributed by atoms with van der Waals surface area (Å²) >= 11 is 5.99. The number of carbonyl (C=O) groups is 1. The Kier molecular flexibility index (Phi) is 8.99. The lowest BCUT2D eigenvalue weighted by molar-refractivity contribution is 0.0600. The van der Waals surface area contributed by atoms with Crippen LogP contribution in [0.2, 0.25) is 5.02 Å². The van der Waals surface area contributed by atoms with Crippen LogP contribution < -0.4 is 9.64 Å². The second-order valence-electron chi connectivity index (χ2n) is 10.1. The zero-order valence-corrected chi connectivity index (χ0v) is 23.2. The summed E-state index contributed by atoms with van der Waals surface area (Å²) in [7, 11) is 1.39. The Labute approximate surface area is 239 Å². The maximum absolute atomic E-state index is 13.3. The summed E-state index contributed by atoms with van der Waals surface area (Å²) in [5.74, 6) is 1.42. The summed E-state index contributed by atoms with van der Waals surface area (Å²) in [6, 6.07) is 29.8. The van der Waals surface area contributed by atoms with Crippen LogP contribution >= 0.6 is 11.6 Å². The number of carbonyl (C=O) groups excluding carboxylic acids is 1. The Morgan fingerprint density at radius 3 is 2.17 bits per heavy atom. The number of methoxy groups -OCH3 is 1. The number of hydrogen-bond donors (Lipinski definition) is 0. The number of hydrogen-bond acceptors (Lipinski definition) is 5. The molecule has 0 N–H and O–H groups in total. The highest BCUT2D eigenvalue weighted by molar-refractivity contribution is 6.30. The number of anilines is 1. The molecule has 0 bridgehead atoms. The van der Waals surface area contributed by atoms with E-state index < -0.39 is 0 Å². The standard InChI is InChI=1S/C33H32ClFN2O3/c1-39-33(38)27-6-2-25(3-7-27)22-37(23-26-18-19-36(21-26)20-24-4-10-29(35)11-5-24)30-12-16-32(17-13-30)40-31-14-8-28(34)9-15-31/h2-17,26H,18-23H2,1H3. The van der Waals surface area contributed by atoms with E-state index in [-0.39, 0.29) is 11.8 Å². The van der Waals surface area contributed by atoms with Crippen LogP contribution in [0, 0.1) is 11.7 Å². The molecular weight excluding hydrogens is 527 g/mol. The van der Waals surface area contributed by atoms with Gasteiger partial charge in [-0.2, -0.15) is 0 Å². The highest BCUT2D eigenvalue weighted by Gasteiger charge is 2.25. The smallest absolute Gasteiger partial charge is 0.337 e. The normalized spacial score (nSPS) is 15.1. The van der Waals surface area contributed by atoms with Gasteiger partial charge in [-0.25, -0.2) is 9.18 Å². The molecule has 4 aromatic rings. The van der Waals surface area contributed by atoms with Gasteiger partial charge in [0.2, 0.25) is 0 Å². The summed E-state index contributed by atoms with van der Waals surface area (Å²) < 4.78 is 24.2. The van der Waals surface area contributed by atoms with E-state index in [0.29, 0.717) is 23.0 Å². The van der Waals surface area contributed by atoms with Crippen molar-refractivity contribution in [3.8, 4) is 11.5 Å². The minimum absolute atomic E-state index is 0.206. The lowest BCUT2D eigenvalue weighted by Crippen LogP contribution is -2.31. The number of esters is 1. The van der Waals surface area contributed by atoms with Crippen molar-refractivity contribution >= 4 is 23.3 Å². The predicted molar refractivity (Wildman–Crippen MR) is 157 cm³/mol. The molecule has 1 unspecified atom stereocenters. The first-order valence-corrected chi connectivity index (χ1v) is 13.8. The average molecular weight is 559 g/mol. The van der Waals surface area contributed by atoms with Crippen molar-refractivity contribution in [2.45, 2.75) is 19.5 Å². The molecule has 1 saturated heterocycles. The molecule has 206 valence electrons. The molecule has 1 aliphatic heterocycles. The van der Waals surface area contributed by atoms with Crippen LogP contribution in [0.1, 0.15) is 27.9 Å². The lowest BCUT2D eigenvalue weighted by Gasteiger charge is -2.28. The molecule has 0 spiro atoms. The van der Waals surface area contributed by atoms with Gasteiger partial charge in [-0.1, -0.05) is 35.9 Å². The predicted octanol–water partition coefficient (Wildman–Crippen LogP) is 7.59. The van der Waals surface area contributed by atoms with Gasteiger partial charge in [-0.05, 0) is 103 Å². The van der Waals surface area contributed by atoms with E-state index in [4.69, 9.17) is 21.1 Å². The van der Waals surface area contributed by atoms with E-state index >= 15 is 0 Å². The maximum Gasteiger partial charge on any atom is 0.337 e. The van der Waals surface area contributed by atoms with Crippen LogP contribution in [0.4, 0.5) is 10.1 Å². The van der Waals surface area contributed by atoms with E-state index in [1.165, 1.54) is 19.2 Å². The molecule has 0 aliphatic carbocycles. The van der Waals surface area contributed by atoms with Gasteiger partial charge in [0.05, 0.1) is 12.7 Å². The molecule has 4 aromatic carbocycles. The topological polar surface area (TPSA) is 42.0 Å². The minimum atomic E-state index is -0.341. The third-order valence-electron chi connectivity index (χ3n) is 7.17. The van der Waals surface area contributed by atoms with E-state index in [9.17, 15) is 9.18 Å². The number of benzene rings is 4. The van der Waals surface area contributed by atoms with Crippen molar-refractivity contribution in [1.29, 1.82) is 0 Å². The van der Waals surface area contributed by atoms with Gasteiger partial charge >= 0.3 is 5.97 Å². The molecule has 5 nitrogen and oxygen atoms in total. The van der Waals surface area contributed by atoms with E-state index in [2.05, 4.69) is 21.9 Å². The molecule has 40 heavy (non-hydrogen) atoms. The SMILES string of the molecule is COC(=O)c1ccc(CN(CC2CCN(Cc3ccc(F)cc3)C2)c2ccc(Oc3ccc(Cl)cc3)cc2)cc1. The molecule has 0 saturated carbocycles.